The Morgan fingerprint density at radius 2 is 1.56 bits per heavy atom. The first kappa shape index (κ1) is 35.8. The average molecular weight is 633 g/mol. The van der Waals surface area contributed by atoms with Gasteiger partial charge in [-0.2, -0.15) is 0 Å². The van der Waals surface area contributed by atoms with E-state index < -0.39 is 136 Å². The van der Waals surface area contributed by atoms with Crippen molar-refractivity contribution in [1.82, 2.24) is 5.32 Å². The molecular weight excluding hydrogens is 594 g/mol. The number of ether oxygens (including phenoxy) is 5. The van der Waals surface area contributed by atoms with Gasteiger partial charge >= 0.3 is 0 Å². The van der Waals surface area contributed by atoms with Crippen molar-refractivity contribution < 1.29 is 94.6 Å². The number of carboxylic acids is 1. The lowest BCUT2D eigenvalue weighted by Gasteiger charge is -2.52. The highest BCUT2D eigenvalue weighted by Gasteiger charge is 2.57. The van der Waals surface area contributed by atoms with E-state index in [1.54, 1.807) is 0 Å². The molecule has 250 valence electrons. The molecule has 12 N–H and O–H groups in total. The molecule has 20 heteroatoms. The Morgan fingerprint density at radius 3 is 2.09 bits per heavy atom. The van der Waals surface area contributed by atoms with Gasteiger partial charge in [0.15, 0.2) is 12.6 Å². The van der Waals surface area contributed by atoms with Gasteiger partial charge in [-0.15, -0.1) is 0 Å². The van der Waals surface area contributed by atoms with Crippen LogP contribution in [0.4, 0.5) is 0 Å². The Balaban J connectivity index is 1.94. The van der Waals surface area contributed by atoms with Crippen molar-refractivity contribution in [3.05, 3.63) is 0 Å². The predicted molar refractivity (Wildman–Crippen MR) is 127 cm³/mol. The minimum Gasteiger partial charge on any atom is -0.544 e. The maximum Gasteiger partial charge on any atom is 0.217 e. The van der Waals surface area contributed by atoms with Crippen molar-refractivity contribution in [3.8, 4) is 0 Å². The standard InChI is InChI=1S/C23H39NO19/c1-6(28)24-11-7(29)2-23(22(37)38,42-18(11)12(31)8(30)3-25)43-19-13(32)9(4-26)40-21(16(19)35)41-17-10(5-27)39-20(36)15(34)14(17)33/h7-21,25-27,29-36H,2-5H2,1H3,(H,24,28)(H,37,38)/p-1/t7-,8+,9+,10+,11+,12+,13-,14+,15+,16+,17+,18+,19-,20+,21-,23-/m0/s1. The summed E-state index contributed by atoms with van der Waals surface area (Å²) in [5.41, 5.74) is 0. The molecule has 0 aliphatic carbocycles. The molecule has 3 fully saturated rings. The molecule has 0 bridgehead atoms. The van der Waals surface area contributed by atoms with E-state index in [9.17, 15) is 70.9 Å². The third-order valence-electron chi connectivity index (χ3n) is 7.45. The highest BCUT2D eigenvalue weighted by atomic mass is 16.8. The zero-order chi connectivity index (χ0) is 32.4. The Bertz CT molecular complexity index is 942. The number of aliphatic carboxylic acids is 1. The van der Waals surface area contributed by atoms with Crippen LogP contribution in [0.15, 0.2) is 0 Å². The van der Waals surface area contributed by atoms with Crippen LogP contribution in [0.5, 0.6) is 0 Å². The summed E-state index contributed by atoms with van der Waals surface area (Å²) in [7, 11) is 0. The largest absolute Gasteiger partial charge is 0.544 e. The fraction of sp³-hybridized carbons (Fsp3) is 0.913. The zero-order valence-electron chi connectivity index (χ0n) is 22.7. The Morgan fingerprint density at radius 1 is 0.930 bits per heavy atom. The van der Waals surface area contributed by atoms with Crippen molar-refractivity contribution >= 4 is 11.9 Å². The average Bonchev–Trinajstić information content (AvgIpc) is 2.96. The molecule has 20 nitrogen and oxygen atoms in total. The number of carbonyl (C=O) groups is 2. The van der Waals surface area contributed by atoms with Crippen molar-refractivity contribution in [3.63, 3.8) is 0 Å². The van der Waals surface area contributed by atoms with E-state index in [4.69, 9.17) is 23.7 Å². The first-order valence-corrected chi connectivity index (χ1v) is 13.2. The van der Waals surface area contributed by atoms with Gasteiger partial charge in [-0.1, -0.05) is 0 Å². The van der Waals surface area contributed by atoms with Crippen LogP contribution in [0.3, 0.4) is 0 Å². The van der Waals surface area contributed by atoms with Gasteiger partial charge in [0, 0.05) is 13.3 Å². The number of hydrogen-bond donors (Lipinski definition) is 12. The minimum atomic E-state index is -3.13. The fourth-order valence-electron chi connectivity index (χ4n) is 5.15. The zero-order valence-corrected chi connectivity index (χ0v) is 22.7. The van der Waals surface area contributed by atoms with Gasteiger partial charge in [-0.25, -0.2) is 0 Å². The molecule has 16 atom stereocenters. The highest BCUT2D eigenvalue weighted by Crippen LogP contribution is 2.37. The molecule has 0 spiro atoms. The second-order valence-corrected chi connectivity index (χ2v) is 10.5. The van der Waals surface area contributed by atoms with Crippen LogP contribution in [0.2, 0.25) is 0 Å². The maximum atomic E-state index is 12.4. The predicted octanol–water partition coefficient (Wildman–Crippen LogP) is -9.56. The SMILES string of the molecule is CC(=O)N[C@H]1[C@H]([C@H](O)[C@H](O)CO)O[C@@](O[C@H]2[C@@H](O)[C@@H](CO)O[C@@H](O[C@H]3[C@H](O)[C@@H](O)[C@H](O)O[C@@H]3CO)[C@@H]2O)(C(=O)[O-])C[C@@H]1O. The van der Waals surface area contributed by atoms with Crippen LogP contribution in [-0.2, 0) is 33.3 Å². The van der Waals surface area contributed by atoms with E-state index in [0.717, 1.165) is 6.92 Å². The molecule has 0 aromatic rings. The molecule has 3 saturated heterocycles. The summed E-state index contributed by atoms with van der Waals surface area (Å²) in [6, 6.07) is -1.57. The summed E-state index contributed by atoms with van der Waals surface area (Å²) in [6.07, 6.45) is -28.2. The number of rotatable bonds is 11. The first-order valence-electron chi connectivity index (χ1n) is 13.2. The second kappa shape index (κ2) is 14.6. The van der Waals surface area contributed by atoms with E-state index >= 15 is 0 Å². The van der Waals surface area contributed by atoms with E-state index in [2.05, 4.69) is 5.32 Å². The topological polar surface area (TPSA) is 338 Å². The van der Waals surface area contributed by atoms with E-state index in [1.807, 2.05) is 0 Å². The van der Waals surface area contributed by atoms with Crippen LogP contribution >= 0.6 is 0 Å². The molecule has 3 heterocycles. The minimum absolute atomic E-state index is 0.765. The van der Waals surface area contributed by atoms with Gasteiger partial charge in [0.25, 0.3) is 0 Å². The molecule has 3 aliphatic heterocycles. The molecule has 0 saturated carbocycles. The van der Waals surface area contributed by atoms with Gasteiger partial charge in [0.2, 0.25) is 11.7 Å². The van der Waals surface area contributed by atoms with Gasteiger partial charge in [0.1, 0.15) is 73.1 Å². The molecule has 3 rings (SSSR count). The highest BCUT2D eigenvalue weighted by molar-refractivity contribution is 5.75. The van der Waals surface area contributed by atoms with E-state index in [1.165, 1.54) is 0 Å². The van der Waals surface area contributed by atoms with Gasteiger partial charge in [-0.3, -0.25) is 4.79 Å². The van der Waals surface area contributed by atoms with E-state index in [0.29, 0.717) is 0 Å². The molecule has 3 aliphatic rings. The fourth-order valence-corrected chi connectivity index (χ4v) is 5.15. The monoisotopic (exact) mass is 632 g/mol. The molecule has 43 heavy (non-hydrogen) atoms. The molecule has 1 amide bonds. The third kappa shape index (κ3) is 7.41. The number of aliphatic hydroxyl groups excluding tert-OH is 11. The Kier molecular flexibility index (Phi) is 12.1. The molecule has 0 unspecified atom stereocenters. The van der Waals surface area contributed by atoms with Crippen LogP contribution < -0.4 is 10.4 Å². The molecular formula is C23H38NO19-. The smallest absolute Gasteiger partial charge is 0.217 e. The number of carboxylic acid groups (broad SMARTS) is 1. The van der Waals surface area contributed by atoms with Crippen molar-refractivity contribution in [2.24, 2.45) is 0 Å². The summed E-state index contributed by atoms with van der Waals surface area (Å²) in [5.74, 6) is -6.12. The summed E-state index contributed by atoms with van der Waals surface area (Å²) in [4.78, 5) is 24.1. The van der Waals surface area contributed by atoms with Crippen LogP contribution in [-0.4, -0.2) is 186 Å². The van der Waals surface area contributed by atoms with Gasteiger partial charge in [-0.05, 0) is 0 Å². The van der Waals surface area contributed by atoms with Gasteiger partial charge < -0.3 is 95.1 Å². The first-order chi connectivity index (χ1) is 20.1. The van der Waals surface area contributed by atoms with Crippen LogP contribution in [0, 0.1) is 0 Å². The van der Waals surface area contributed by atoms with Gasteiger partial charge in [0.05, 0.1) is 32.0 Å². The van der Waals surface area contributed by atoms with Crippen molar-refractivity contribution in [1.29, 1.82) is 0 Å². The number of carbonyl (C=O) groups excluding carboxylic acids is 2. The Labute approximate surface area is 243 Å². The number of nitrogens with one attached hydrogen (secondary N) is 1. The van der Waals surface area contributed by atoms with Crippen LogP contribution in [0.25, 0.3) is 0 Å². The van der Waals surface area contributed by atoms with E-state index in [-0.39, 0.29) is 0 Å². The lowest BCUT2D eigenvalue weighted by atomic mass is 9.88. The number of amides is 1. The number of aliphatic hydroxyl groups is 11. The lowest BCUT2D eigenvalue weighted by Crippen LogP contribution is -2.72. The summed E-state index contributed by atoms with van der Waals surface area (Å²) < 4.78 is 26.7. The Hall–Kier alpha value is -1.70. The second-order valence-electron chi connectivity index (χ2n) is 10.5. The quantitative estimate of drug-likeness (QED) is 0.101. The lowest BCUT2D eigenvalue weighted by molar-refractivity contribution is -0.411. The summed E-state index contributed by atoms with van der Waals surface area (Å²) in [6.45, 7) is -1.90. The number of hydrogen-bond acceptors (Lipinski definition) is 19. The van der Waals surface area contributed by atoms with Crippen molar-refractivity contribution in [2.75, 3.05) is 19.8 Å². The normalized spacial score (nSPS) is 45.3. The van der Waals surface area contributed by atoms with Crippen LogP contribution in [0.1, 0.15) is 13.3 Å². The summed E-state index contributed by atoms with van der Waals surface area (Å²) in [5, 5.41) is 127. The molecule has 0 aromatic heterocycles. The molecule has 0 aromatic carbocycles. The summed E-state index contributed by atoms with van der Waals surface area (Å²) >= 11 is 0. The van der Waals surface area contributed by atoms with Crippen molar-refractivity contribution in [2.45, 2.75) is 111 Å². The third-order valence-corrected chi connectivity index (χ3v) is 7.45. The molecule has 0 radical (unpaired) electrons. The maximum absolute atomic E-state index is 12.4.